The van der Waals surface area contributed by atoms with Crippen molar-refractivity contribution < 1.29 is 29.0 Å². The fourth-order valence-electron chi connectivity index (χ4n) is 7.69. The molecule has 4 atom stereocenters. The molecule has 2 aromatic carbocycles. The molecule has 63 heavy (non-hydrogen) atoms. The van der Waals surface area contributed by atoms with Gasteiger partial charge in [-0.2, -0.15) is 0 Å². The van der Waals surface area contributed by atoms with Crippen LogP contribution < -0.4 is 16.1 Å². The number of carbonyl (C=O) groups is 4. The van der Waals surface area contributed by atoms with Crippen LogP contribution in [0.5, 0.6) is 0 Å². The number of pyridine rings is 2. The van der Waals surface area contributed by atoms with Crippen LogP contribution in [0.4, 0.5) is 9.59 Å². The van der Waals surface area contributed by atoms with Gasteiger partial charge in [-0.25, -0.2) is 14.6 Å². The van der Waals surface area contributed by atoms with Gasteiger partial charge in [0.1, 0.15) is 12.1 Å². The number of hydrazine groups is 1. The number of nitrogens with one attached hydrogen (secondary N) is 3. The van der Waals surface area contributed by atoms with Crippen LogP contribution in [0.1, 0.15) is 84.8 Å². The maximum absolute atomic E-state index is 14.7. The molecule has 1 aliphatic rings. The maximum Gasteiger partial charge on any atom is 0.407 e. The number of aliphatic hydroxyl groups excluding tert-OH is 1. The van der Waals surface area contributed by atoms with Crippen molar-refractivity contribution in [3.63, 3.8) is 0 Å². The SMILES string of the molecule is COC(=O)N[C@H](C(=O)NN(Cc1ccc(-c2ccccn2)cc1)C[C@H](O)[C@H](Cc1ccccc1)NC(=O)[C@@H](N1CCN(Cc2cccc(C(C)(C)C)n2)C1=O)C(C)(C)C)C(C)(C)C. The zero-order chi connectivity index (χ0) is 46.1. The molecule has 0 spiro atoms. The molecule has 3 heterocycles. The first kappa shape index (κ1) is 48.2. The van der Waals surface area contributed by atoms with Gasteiger partial charge in [-0.3, -0.25) is 25.0 Å². The van der Waals surface area contributed by atoms with E-state index in [4.69, 9.17) is 9.72 Å². The Balaban J connectivity index is 1.41. The molecule has 0 unspecified atom stereocenters. The predicted molar refractivity (Wildman–Crippen MR) is 244 cm³/mol. The monoisotopic (exact) mass is 863 g/mol. The van der Waals surface area contributed by atoms with Gasteiger partial charge in [0, 0.05) is 49.0 Å². The Labute approximate surface area is 372 Å². The summed E-state index contributed by atoms with van der Waals surface area (Å²) in [7, 11) is 1.23. The Morgan fingerprint density at radius 3 is 2.08 bits per heavy atom. The molecule has 0 saturated carbocycles. The fraction of sp³-hybridized carbons (Fsp3) is 0.469. The number of alkyl carbamates (subject to hydrolysis) is 1. The van der Waals surface area contributed by atoms with Gasteiger partial charge in [-0.1, -0.05) is 129 Å². The van der Waals surface area contributed by atoms with Crippen molar-refractivity contribution in [2.24, 2.45) is 10.8 Å². The first-order valence-electron chi connectivity index (χ1n) is 21.6. The third kappa shape index (κ3) is 13.3. The summed E-state index contributed by atoms with van der Waals surface area (Å²) in [5.41, 5.74) is 6.54. The van der Waals surface area contributed by atoms with E-state index in [1.165, 1.54) is 7.11 Å². The van der Waals surface area contributed by atoms with Crippen LogP contribution in [0.3, 0.4) is 0 Å². The molecule has 0 bridgehead atoms. The fourth-order valence-corrected chi connectivity index (χ4v) is 7.69. The molecule has 0 aliphatic carbocycles. The van der Waals surface area contributed by atoms with E-state index in [2.05, 4.69) is 41.8 Å². The Bertz CT molecular complexity index is 2150. The van der Waals surface area contributed by atoms with Crippen molar-refractivity contribution in [2.75, 3.05) is 26.7 Å². The molecule has 0 radical (unpaired) electrons. The summed E-state index contributed by atoms with van der Waals surface area (Å²) >= 11 is 0. The third-order valence-corrected chi connectivity index (χ3v) is 11.1. The molecule has 1 aliphatic heterocycles. The highest BCUT2D eigenvalue weighted by Gasteiger charge is 2.44. The number of aliphatic hydroxyl groups is 1. The molecule has 4 N–H and O–H groups in total. The van der Waals surface area contributed by atoms with Gasteiger partial charge in [0.25, 0.3) is 5.91 Å². The first-order valence-corrected chi connectivity index (χ1v) is 21.6. The molecule has 5 rings (SSSR count). The standard InChI is InChI=1S/C49H66N8O6/c1-47(2,3)40-21-16-19-36(51-40)31-55-27-28-57(46(55)62)42(49(7,8)9)44(60)52-38(29-33-17-12-11-13-18-33)39(58)32-56(54-43(59)41(48(4,5)6)53-45(61)63-10)30-34-22-24-35(25-23-34)37-20-14-15-26-50-37/h11-26,38-39,41-42,58H,27-32H2,1-10H3,(H,52,60)(H,53,61)(H,54,59)/t38-,39-,41+,42+/m0/s1. The molecule has 14 nitrogen and oxygen atoms in total. The molecule has 1 saturated heterocycles. The molecule has 5 amide bonds. The van der Waals surface area contributed by atoms with Crippen LogP contribution in [0.2, 0.25) is 0 Å². The molecule has 4 aromatic rings. The van der Waals surface area contributed by atoms with E-state index in [1.807, 2.05) is 133 Å². The predicted octanol–water partition coefficient (Wildman–Crippen LogP) is 6.49. The molecule has 14 heteroatoms. The molecule has 338 valence electrons. The summed E-state index contributed by atoms with van der Waals surface area (Å²) in [4.78, 5) is 67.9. The number of hydrogen-bond donors (Lipinski definition) is 4. The minimum Gasteiger partial charge on any atom is -0.453 e. The maximum atomic E-state index is 14.7. The second-order valence-electron chi connectivity index (χ2n) is 19.5. The van der Waals surface area contributed by atoms with E-state index < -0.39 is 53.0 Å². The van der Waals surface area contributed by atoms with Gasteiger partial charge >= 0.3 is 12.1 Å². The van der Waals surface area contributed by atoms with Crippen molar-refractivity contribution >= 4 is 23.9 Å². The highest BCUT2D eigenvalue weighted by molar-refractivity contribution is 5.89. The summed E-state index contributed by atoms with van der Waals surface area (Å²) < 4.78 is 4.84. The summed E-state index contributed by atoms with van der Waals surface area (Å²) in [5, 5.41) is 19.6. The van der Waals surface area contributed by atoms with Gasteiger partial charge in [-0.15, -0.1) is 0 Å². The summed E-state index contributed by atoms with van der Waals surface area (Å²) in [6, 6.07) is 25.8. The van der Waals surface area contributed by atoms with E-state index in [-0.39, 0.29) is 31.0 Å². The third-order valence-electron chi connectivity index (χ3n) is 11.1. The highest BCUT2D eigenvalue weighted by atomic mass is 16.5. The quantitative estimate of drug-likeness (QED) is 0.0921. The molecular weight excluding hydrogens is 797 g/mol. The number of nitrogens with zero attached hydrogens (tertiary/aromatic N) is 5. The average molecular weight is 863 g/mol. The number of methoxy groups -OCH3 is 1. The second kappa shape index (κ2) is 20.5. The van der Waals surface area contributed by atoms with E-state index in [0.29, 0.717) is 19.6 Å². The van der Waals surface area contributed by atoms with E-state index in [1.54, 1.807) is 21.0 Å². The Morgan fingerprint density at radius 1 is 0.794 bits per heavy atom. The van der Waals surface area contributed by atoms with Crippen molar-refractivity contribution in [2.45, 2.75) is 111 Å². The van der Waals surface area contributed by atoms with Gasteiger partial charge in [0.2, 0.25) is 5.91 Å². The lowest BCUT2D eigenvalue weighted by Crippen LogP contribution is -2.61. The lowest BCUT2D eigenvalue weighted by molar-refractivity contribution is -0.133. The van der Waals surface area contributed by atoms with Crippen LogP contribution in [0.25, 0.3) is 11.3 Å². The van der Waals surface area contributed by atoms with Gasteiger partial charge in [0.15, 0.2) is 0 Å². The number of aromatic nitrogens is 2. The van der Waals surface area contributed by atoms with Crippen LogP contribution >= 0.6 is 0 Å². The number of amides is 5. The second-order valence-corrected chi connectivity index (χ2v) is 19.5. The van der Waals surface area contributed by atoms with E-state index in [0.717, 1.165) is 33.8 Å². The minimum atomic E-state index is -1.23. The largest absolute Gasteiger partial charge is 0.453 e. The number of rotatable bonds is 16. The lowest BCUT2D eigenvalue weighted by atomic mass is 9.84. The number of hydrogen-bond acceptors (Lipinski definition) is 9. The minimum absolute atomic E-state index is 0.113. The Morgan fingerprint density at radius 2 is 1.48 bits per heavy atom. The zero-order valence-electron chi connectivity index (χ0n) is 38.5. The molecule has 2 aromatic heterocycles. The Hall–Kier alpha value is -5.86. The number of ether oxygens (including phenoxy) is 1. The van der Waals surface area contributed by atoms with Crippen molar-refractivity contribution in [1.82, 2.24) is 40.8 Å². The van der Waals surface area contributed by atoms with Gasteiger partial charge in [-0.05, 0) is 52.6 Å². The van der Waals surface area contributed by atoms with Crippen molar-refractivity contribution in [3.8, 4) is 11.3 Å². The normalized spacial score (nSPS) is 15.4. The van der Waals surface area contributed by atoms with Crippen LogP contribution in [-0.4, -0.2) is 105 Å². The zero-order valence-corrected chi connectivity index (χ0v) is 38.5. The topological polar surface area (TPSA) is 169 Å². The summed E-state index contributed by atoms with van der Waals surface area (Å²) in [6.07, 6.45) is 0.00632. The van der Waals surface area contributed by atoms with E-state index in [9.17, 15) is 24.3 Å². The molecule has 1 fully saturated rings. The number of urea groups is 1. The van der Waals surface area contributed by atoms with E-state index >= 15 is 0 Å². The average Bonchev–Trinajstić information content (AvgIpc) is 3.56. The van der Waals surface area contributed by atoms with Gasteiger partial charge < -0.3 is 30.3 Å². The first-order chi connectivity index (χ1) is 29.6. The summed E-state index contributed by atoms with van der Waals surface area (Å²) in [5.74, 6) is -0.916. The van der Waals surface area contributed by atoms with Crippen molar-refractivity contribution in [3.05, 3.63) is 120 Å². The highest BCUT2D eigenvalue weighted by Crippen LogP contribution is 2.30. The molecular formula is C49H66N8O6. The number of carbonyl (C=O) groups excluding carboxylic acids is 4. The smallest absolute Gasteiger partial charge is 0.407 e. The summed E-state index contributed by atoms with van der Waals surface area (Å²) in [6.45, 7) is 18.7. The van der Waals surface area contributed by atoms with Crippen LogP contribution in [0.15, 0.2) is 97.2 Å². The number of benzene rings is 2. The van der Waals surface area contributed by atoms with Gasteiger partial charge in [0.05, 0.1) is 37.2 Å². The van der Waals surface area contributed by atoms with Crippen LogP contribution in [0, 0.1) is 10.8 Å². The van der Waals surface area contributed by atoms with Crippen LogP contribution in [-0.2, 0) is 39.3 Å². The Kier molecular flexibility index (Phi) is 15.7. The lowest BCUT2D eigenvalue weighted by Gasteiger charge is -2.38. The van der Waals surface area contributed by atoms with Crippen molar-refractivity contribution in [1.29, 1.82) is 0 Å².